The second kappa shape index (κ2) is 6.72. The molecule has 0 saturated heterocycles. The highest BCUT2D eigenvalue weighted by Crippen LogP contribution is 2.24. The Morgan fingerprint density at radius 1 is 1.22 bits per heavy atom. The van der Waals surface area contributed by atoms with E-state index >= 15 is 0 Å². The van der Waals surface area contributed by atoms with Crippen molar-refractivity contribution in [3.05, 3.63) is 83.6 Å². The predicted molar refractivity (Wildman–Crippen MR) is 102 cm³/mol. The number of hydrogen-bond acceptors (Lipinski definition) is 2. The van der Waals surface area contributed by atoms with Crippen LogP contribution in [0.15, 0.2) is 60.9 Å². The summed E-state index contributed by atoms with van der Waals surface area (Å²) in [6.45, 7) is 2.31. The quantitative estimate of drug-likeness (QED) is 0.595. The van der Waals surface area contributed by atoms with Gasteiger partial charge in [0.15, 0.2) is 0 Å². The minimum absolute atomic E-state index is 0.125. The molecule has 2 heterocycles. The number of H-pyrrole nitrogens is 1. The second-order valence-electron chi connectivity index (χ2n) is 6.59. The summed E-state index contributed by atoms with van der Waals surface area (Å²) in [6.07, 6.45) is 3.61. The van der Waals surface area contributed by atoms with Crippen molar-refractivity contribution in [2.45, 2.75) is 13.5 Å². The molecule has 0 spiro atoms. The molecule has 27 heavy (non-hydrogen) atoms. The average Bonchev–Trinajstić information content (AvgIpc) is 3.31. The minimum Gasteiger partial charge on any atom is -0.350 e. The van der Waals surface area contributed by atoms with Crippen LogP contribution in [0.1, 0.15) is 21.6 Å². The number of carbonyl (C=O) groups is 1. The van der Waals surface area contributed by atoms with Gasteiger partial charge in [-0.15, -0.1) is 0 Å². The Hall–Kier alpha value is -3.41. The van der Waals surface area contributed by atoms with Gasteiger partial charge in [0.1, 0.15) is 11.5 Å². The van der Waals surface area contributed by atoms with Gasteiger partial charge in [-0.25, -0.2) is 9.07 Å². The van der Waals surface area contributed by atoms with Crippen LogP contribution in [-0.4, -0.2) is 32.6 Å². The van der Waals surface area contributed by atoms with Crippen LogP contribution in [0.2, 0.25) is 0 Å². The fourth-order valence-electron chi connectivity index (χ4n) is 3.22. The van der Waals surface area contributed by atoms with E-state index in [9.17, 15) is 9.18 Å². The lowest BCUT2D eigenvalue weighted by molar-refractivity contribution is 0.0779. The summed E-state index contributed by atoms with van der Waals surface area (Å²) in [6, 6.07) is 14.3. The van der Waals surface area contributed by atoms with Gasteiger partial charge in [-0.1, -0.05) is 12.1 Å². The zero-order valence-corrected chi connectivity index (χ0v) is 15.1. The Morgan fingerprint density at radius 2 is 2.00 bits per heavy atom. The number of rotatable bonds is 4. The maximum absolute atomic E-state index is 13.5. The first-order valence-electron chi connectivity index (χ1n) is 8.65. The summed E-state index contributed by atoms with van der Waals surface area (Å²) in [7, 11) is 1.76. The SMILES string of the molecule is Cc1c(C(=O)N(C)Cc2ccc(-n3cccn3)cc2)[nH]c2ccc(F)cc12. The Kier molecular flexibility index (Phi) is 4.24. The van der Waals surface area contributed by atoms with Gasteiger partial charge in [-0.2, -0.15) is 5.10 Å². The Labute approximate surface area is 156 Å². The van der Waals surface area contributed by atoms with Crippen molar-refractivity contribution in [1.29, 1.82) is 0 Å². The number of benzene rings is 2. The largest absolute Gasteiger partial charge is 0.350 e. The Morgan fingerprint density at radius 3 is 2.70 bits per heavy atom. The topological polar surface area (TPSA) is 53.9 Å². The fourth-order valence-corrected chi connectivity index (χ4v) is 3.22. The van der Waals surface area contributed by atoms with Crippen LogP contribution in [0.3, 0.4) is 0 Å². The van der Waals surface area contributed by atoms with Crippen LogP contribution < -0.4 is 0 Å². The van der Waals surface area contributed by atoms with Crippen LogP contribution in [-0.2, 0) is 6.54 Å². The molecule has 0 bridgehead atoms. The molecule has 1 amide bonds. The third kappa shape index (κ3) is 3.21. The average molecular weight is 362 g/mol. The first-order chi connectivity index (χ1) is 13.0. The van der Waals surface area contributed by atoms with Gasteiger partial charge in [0, 0.05) is 36.9 Å². The molecule has 0 unspecified atom stereocenters. The predicted octanol–water partition coefficient (Wildman–Crippen LogP) is 4.07. The summed E-state index contributed by atoms with van der Waals surface area (Å²) in [5, 5.41) is 4.93. The first-order valence-corrected chi connectivity index (χ1v) is 8.65. The van der Waals surface area contributed by atoms with Gasteiger partial charge in [-0.05, 0) is 54.4 Å². The van der Waals surface area contributed by atoms with Gasteiger partial charge in [0.05, 0.1) is 5.69 Å². The van der Waals surface area contributed by atoms with Gasteiger partial charge >= 0.3 is 0 Å². The molecule has 136 valence electrons. The van der Waals surface area contributed by atoms with E-state index in [2.05, 4.69) is 10.1 Å². The van der Waals surface area contributed by atoms with E-state index in [-0.39, 0.29) is 11.7 Å². The second-order valence-corrected chi connectivity index (χ2v) is 6.59. The molecule has 0 fully saturated rings. The molecule has 1 N–H and O–H groups in total. The summed E-state index contributed by atoms with van der Waals surface area (Å²) >= 11 is 0. The molecule has 0 radical (unpaired) electrons. The van der Waals surface area contributed by atoms with E-state index in [1.165, 1.54) is 12.1 Å². The number of aromatic amines is 1. The Bertz CT molecular complexity index is 1100. The summed E-state index contributed by atoms with van der Waals surface area (Å²) in [4.78, 5) is 17.6. The van der Waals surface area contributed by atoms with Crippen molar-refractivity contribution in [1.82, 2.24) is 19.7 Å². The number of amides is 1. The number of nitrogens with one attached hydrogen (secondary N) is 1. The lowest BCUT2D eigenvalue weighted by Gasteiger charge is -2.17. The van der Waals surface area contributed by atoms with Crippen molar-refractivity contribution in [3.63, 3.8) is 0 Å². The number of nitrogens with zero attached hydrogens (tertiary/aromatic N) is 3. The number of halogens is 1. The molecule has 2 aromatic carbocycles. The van der Waals surface area contributed by atoms with Gasteiger partial charge < -0.3 is 9.88 Å². The normalized spacial score (nSPS) is 11.1. The lowest BCUT2D eigenvalue weighted by atomic mass is 10.1. The number of hydrogen-bond donors (Lipinski definition) is 1. The lowest BCUT2D eigenvalue weighted by Crippen LogP contribution is -2.27. The monoisotopic (exact) mass is 362 g/mol. The molecule has 0 aliphatic rings. The molecule has 0 aliphatic carbocycles. The molecule has 6 heteroatoms. The number of carbonyl (C=O) groups excluding carboxylic acids is 1. The van der Waals surface area contributed by atoms with E-state index in [4.69, 9.17) is 0 Å². The van der Waals surface area contributed by atoms with Crippen molar-refractivity contribution in [2.75, 3.05) is 7.05 Å². The van der Waals surface area contributed by atoms with E-state index in [0.717, 1.165) is 27.7 Å². The van der Waals surface area contributed by atoms with E-state index in [1.807, 2.05) is 43.5 Å². The molecule has 0 atom stereocenters. The molecule has 4 rings (SSSR count). The molecular formula is C21H19FN4O. The minimum atomic E-state index is -0.311. The van der Waals surface area contributed by atoms with Crippen LogP contribution in [0, 0.1) is 12.7 Å². The van der Waals surface area contributed by atoms with Crippen LogP contribution in [0.4, 0.5) is 4.39 Å². The highest BCUT2D eigenvalue weighted by Gasteiger charge is 2.19. The standard InChI is InChI=1S/C21H19FN4O/c1-14-18-12-16(22)6-9-19(18)24-20(14)21(27)25(2)13-15-4-7-17(8-5-15)26-11-3-10-23-26/h3-12,24H,13H2,1-2H3. The number of fused-ring (bicyclic) bond motifs is 1. The summed E-state index contributed by atoms with van der Waals surface area (Å²) in [5.74, 6) is -0.436. The molecule has 5 nitrogen and oxygen atoms in total. The maximum Gasteiger partial charge on any atom is 0.270 e. The summed E-state index contributed by atoms with van der Waals surface area (Å²) in [5.41, 5.74) is 3.99. The highest BCUT2D eigenvalue weighted by atomic mass is 19.1. The maximum atomic E-state index is 13.5. The van der Waals surface area contributed by atoms with Gasteiger partial charge in [0.2, 0.25) is 0 Å². The van der Waals surface area contributed by atoms with Crippen molar-refractivity contribution < 1.29 is 9.18 Å². The smallest absolute Gasteiger partial charge is 0.270 e. The zero-order chi connectivity index (χ0) is 19.0. The van der Waals surface area contributed by atoms with Crippen LogP contribution in [0.5, 0.6) is 0 Å². The molecule has 2 aromatic heterocycles. The third-order valence-electron chi connectivity index (χ3n) is 4.71. The Balaban J connectivity index is 1.53. The van der Waals surface area contributed by atoms with Crippen molar-refractivity contribution in [3.8, 4) is 5.69 Å². The first kappa shape index (κ1) is 17.0. The van der Waals surface area contributed by atoms with E-state index < -0.39 is 0 Å². The number of aryl methyl sites for hydroxylation is 1. The highest BCUT2D eigenvalue weighted by molar-refractivity contribution is 6.00. The molecule has 4 aromatic rings. The van der Waals surface area contributed by atoms with Crippen molar-refractivity contribution in [2.24, 2.45) is 0 Å². The van der Waals surface area contributed by atoms with E-state index in [0.29, 0.717) is 12.2 Å². The van der Waals surface area contributed by atoms with Crippen molar-refractivity contribution >= 4 is 16.8 Å². The van der Waals surface area contributed by atoms with Crippen LogP contribution in [0.25, 0.3) is 16.6 Å². The third-order valence-corrected chi connectivity index (χ3v) is 4.71. The molecule has 0 aliphatic heterocycles. The summed E-state index contributed by atoms with van der Waals surface area (Å²) < 4.78 is 15.3. The fraction of sp³-hybridized carbons (Fsp3) is 0.143. The van der Waals surface area contributed by atoms with E-state index in [1.54, 1.807) is 28.9 Å². The molecule has 0 saturated carbocycles. The van der Waals surface area contributed by atoms with Gasteiger partial charge in [0.25, 0.3) is 5.91 Å². The van der Waals surface area contributed by atoms with Gasteiger partial charge in [-0.3, -0.25) is 4.79 Å². The number of aromatic nitrogens is 3. The van der Waals surface area contributed by atoms with Crippen LogP contribution >= 0.6 is 0 Å². The molecular weight excluding hydrogens is 343 g/mol. The zero-order valence-electron chi connectivity index (χ0n) is 15.1.